The molecule has 96 valence electrons. The van der Waals surface area contributed by atoms with Gasteiger partial charge >= 0.3 is 0 Å². The monoisotopic (exact) mass is 288 g/mol. The number of rotatable bonds is 3. The summed E-state index contributed by atoms with van der Waals surface area (Å²) in [6.07, 6.45) is 0. The molecule has 0 amide bonds. The molecule has 0 aliphatic rings. The van der Waals surface area contributed by atoms with E-state index >= 15 is 0 Å². The van der Waals surface area contributed by atoms with Crippen LogP contribution in [0.15, 0.2) is 35.4 Å². The summed E-state index contributed by atoms with van der Waals surface area (Å²) < 4.78 is 0. The predicted molar refractivity (Wildman–Crippen MR) is 79.4 cm³/mol. The zero-order valence-electron chi connectivity index (χ0n) is 10.8. The average Bonchev–Trinajstić information content (AvgIpc) is 2.34. The highest BCUT2D eigenvalue weighted by molar-refractivity contribution is 7.98. The highest BCUT2D eigenvalue weighted by Crippen LogP contribution is 2.24. The lowest BCUT2D eigenvalue weighted by Crippen LogP contribution is -1.88. The van der Waals surface area contributed by atoms with Crippen molar-refractivity contribution in [2.75, 3.05) is 0 Å². The first-order valence-corrected chi connectivity index (χ1v) is 7.21. The predicted octanol–water partition coefficient (Wildman–Crippen LogP) is 4.52. The second-order valence-corrected chi connectivity index (χ2v) is 5.80. The van der Waals surface area contributed by atoms with E-state index in [0.29, 0.717) is 10.7 Å². The van der Waals surface area contributed by atoms with Gasteiger partial charge in [-0.3, -0.25) is 0 Å². The third-order valence-electron chi connectivity index (χ3n) is 2.57. The largest absolute Gasteiger partial charge is 0.230 e. The first-order valence-electron chi connectivity index (χ1n) is 5.84. The van der Waals surface area contributed by atoms with Gasteiger partial charge in [0.15, 0.2) is 0 Å². The Morgan fingerprint density at radius 2 is 1.84 bits per heavy atom. The first kappa shape index (κ1) is 13.9. The minimum absolute atomic E-state index is 0.363. The van der Waals surface area contributed by atoms with Crippen LogP contribution in [0.5, 0.6) is 0 Å². The van der Waals surface area contributed by atoms with E-state index in [2.05, 4.69) is 43.1 Å². The molecule has 0 aliphatic carbocycles. The number of benzene rings is 1. The van der Waals surface area contributed by atoms with Gasteiger partial charge in [0.05, 0.1) is 16.7 Å². The molecule has 0 aliphatic heterocycles. The number of aromatic nitrogens is 1. The summed E-state index contributed by atoms with van der Waals surface area (Å²) in [5, 5.41) is 10.0. The number of hydrogen-bond donors (Lipinski definition) is 0. The Morgan fingerprint density at radius 3 is 2.47 bits per heavy atom. The summed E-state index contributed by atoms with van der Waals surface area (Å²) in [5.74, 6) is 0.820. The van der Waals surface area contributed by atoms with Gasteiger partial charge < -0.3 is 0 Å². The lowest BCUT2D eigenvalue weighted by molar-refractivity contribution is 1.12. The fourth-order valence-electron chi connectivity index (χ4n) is 1.92. The average molecular weight is 289 g/mol. The number of nitriles is 1. The van der Waals surface area contributed by atoms with Crippen LogP contribution in [0.1, 0.15) is 22.3 Å². The van der Waals surface area contributed by atoms with Crippen LogP contribution in [0.2, 0.25) is 5.15 Å². The van der Waals surface area contributed by atoms with Crippen molar-refractivity contribution in [3.8, 4) is 6.07 Å². The number of thioether (sulfide) groups is 1. The minimum Gasteiger partial charge on any atom is -0.230 e. The molecule has 0 unspecified atom stereocenters. The van der Waals surface area contributed by atoms with Crippen LogP contribution in [0.4, 0.5) is 0 Å². The lowest BCUT2D eigenvalue weighted by atomic mass is 10.1. The topological polar surface area (TPSA) is 36.7 Å². The Kier molecular flexibility index (Phi) is 4.47. The second-order valence-electron chi connectivity index (χ2n) is 4.41. The van der Waals surface area contributed by atoms with E-state index in [1.807, 2.05) is 0 Å². The van der Waals surface area contributed by atoms with Crippen molar-refractivity contribution in [1.29, 1.82) is 5.26 Å². The molecule has 0 radical (unpaired) electrons. The highest BCUT2D eigenvalue weighted by Gasteiger charge is 2.03. The van der Waals surface area contributed by atoms with Crippen molar-refractivity contribution >= 4 is 23.4 Å². The van der Waals surface area contributed by atoms with Gasteiger partial charge in [0.25, 0.3) is 0 Å². The first-order chi connectivity index (χ1) is 9.06. The zero-order valence-corrected chi connectivity index (χ0v) is 12.3. The van der Waals surface area contributed by atoms with Gasteiger partial charge in [0.1, 0.15) is 5.15 Å². The van der Waals surface area contributed by atoms with Gasteiger partial charge in [-0.25, -0.2) is 4.98 Å². The van der Waals surface area contributed by atoms with Crippen molar-refractivity contribution in [1.82, 2.24) is 4.98 Å². The van der Waals surface area contributed by atoms with Gasteiger partial charge in [-0.1, -0.05) is 40.9 Å². The number of nitrogens with zero attached hydrogens (tertiary/aromatic N) is 2. The molecular weight excluding hydrogens is 276 g/mol. The molecule has 0 saturated carbocycles. The van der Waals surface area contributed by atoms with Crippen LogP contribution in [-0.4, -0.2) is 4.98 Å². The smallest absolute Gasteiger partial charge is 0.131 e. The fraction of sp³-hybridized carbons (Fsp3) is 0.200. The van der Waals surface area contributed by atoms with E-state index in [9.17, 15) is 0 Å². The summed E-state index contributed by atoms with van der Waals surface area (Å²) in [5.41, 5.74) is 4.31. The number of aryl methyl sites for hydroxylation is 2. The van der Waals surface area contributed by atoms with Gasteiger partial charge in [-0.2, -0.15) is 5.26 Å². The molecule has 1 aromatic carbocycles. The van der Waals surface area contributed by atoms with E-state index < -0.39 is 0 Å². The molecule has 19 heavy (non-hydrogen) atoms. The summed E-state index contributed by atoms with van der Waals surface area (Å²) in [7, 11) is 0. The second kappa shape index (κ2) is 6.10. The van der Waals surface area contributed by atoms with Crippen molar-refractivity contribution < 1.29 is 0 Å². The van der Waals surface area contributed by atoms with Crippen molar-refractivity contribution in [3.63, 3.8) is 0 Å². The van der Waals surface area contributed by atoms with Crippen LogP contribution in [0.25, 0.3) is 0 Å². The fourth-order valence-corrected chi connectivity index (χ4v) is 3.03. The SMILES string of the molecule is Cc1cc(C)cc(CSc2cc(C#N)cc(Cl)n2)c1. The van der Waals surface area contributed by atoms with Crippen LogP contribution in [-0.2, 0) is 5.75 Å². The Morgan fingerprint density at radius 1 is 1.16 bits per heavy atom. The quantitative estimate of drug-likeness (QED) is 0.615. The normalized spacial score (nSPS) is 10.2. The Labute approximate surface area is 122 Å². The van der Waals surface area contributed by atoms with E-state index in [1.54, 1.807) is 23.9 Å². The molecule has 0 spiro atoms. The maximum atomic E-state index is 8.90. The summed E-state index contributed by atoms with van der Waals surface area (Å²) in [6.45, 7) is 4.18. The summed E-state index contributed by atoms with van der Waals surface area (Å²) >= 11 is 7.47. The minimum atomic E-state index is 0.363. The van der Waals surface area contributed by atoms with Crippen molar-refractivity contribution in [2.45, 2.75) is 24.6 Å². The van der Waals surface area contributed by atoms with Crippen molar-refractivity contribution in [3.05, 3.63) is 57.7 Å². The molecule has 0 atom stereocenters. The lowest BCUT2D eigenvalue weighted by Gasteiger charge is -2.05. The van der Waals surface area contributed by atoms with Crippen LogP contribution in [0.3, 0.4) is 0 Å². The highest BCUT2D eigenvalue weighted by atomic mass is 35.5. The third kappa shape index (κ3) is 3.99. The Balaban J connectivity index is 2.14. The number of pyridine rings is 1. The van der Waals surface area contributed by atoms with Gasteiger partial charge in [0, 0.05) is 5.75 Å². The van der Waals surface area contributed by atoms with Crippen molar-refractivity contribution in [2.24, 2.45) is 0 Å². The molecular formula is C15H13ClN2S. The molecule has 2 rings (SSSR count). The molecule has 0 N–H and O–H groups in total. The van der Waals surface area contributed by atoms with E-state index in [4.69, 9.17) is 16.9 Å². The van der Waals surface area contributed by atoms with Gasteiger partial charge in [0.2, 0.25) is 0 Å². The Bertz CT molecular complexity index is 627. The summed E-state index contributed by atoms with van der Waals surface area (Å²) in [4.78, 5) is 4.22. The van der Waals surface area contributed by atoms with Gasteiger partial charge in [-0.05, 0) is 31.5 Å². The number of halogens is 1. The molecule has 1 aromatic heterocycles. The molecule has 0 bridgehead atoms. The standard InChI is InChI=1S/C15H13ClN2S/c1-10-3-11(2)5-13(4-10)9-19-15-7-12(8-17)6-14(16)18-15/h3-7H,9H2,1-2H3. The maximum absolute atomic E-state index is 8.90. The molecule has 0 saturated heterocycles. The molecule has 2 aromatic rings. The van der Waals surface area contributed by atoms with Crippen LogP contribution >= 0.6 is 23.4 Å². The summed E-state index contributed by atoms with van der Waals surface area (Å²) in [6, 6.07) is 11.9. The third-order valence-corrected chi connectivity index (χ3v) is 3.74. The van der Waals surface area contributed by atoms with Crippen LogP contribution < -0.4 is 0 Å². The van der Waals surface area contributed by atoms with Crippen LogP contribution in [0, 0.1) is 25.2 Å². The van der Waals surface area contributed by atoms with E-state index in [0.717, 1.165) is 10.8 Å². The molecule has 4 heteroatoms. The molecule has 0 fully saturated rings. The number of hydrogen-bond acceptors (Lipinski definition) is 3. The molecule has 2 nitrogen and oxygen atoms in total. The van der Waals surface area contributed by atoms with E-state index in [-0.39, 0.29) is 0 Å². The zero-order chi connectivity index (χ0) is 13.8. The van der Waals surface area contributed by atoms with Gasteiger partial charge in [-0.15, -0.1) is 11.8 Å². The van der Waals surface area contributed by atoms with E-state index in [1.165, 1.54) is 16.7 Å². The Hall–Kier alpha value is -1.50. The maximum Gasteiger partial charge on any atom is 0.131 e. The molecule has 1 heterocycles.